The molecule has 0 unspecified atom stereocenters. The maximum Gasteiger partial charge on any atom is 0.227 e. The van der Waals surface area contributed by atoms with Crippen LogP contribution in [0.25, 0.3) is 11.1 Å². The molecule has 1 aromatic heterocycles. The summed E-state index contributed by atoms with van der Waals surface area (Å²) in [6.45, 7) is 6.45. The van der Waals surface area contributed by atoms with E-state index in [4.69, 9.17) is 0 Å². The fraction of sp³-hybridized carbons (Fsp3) is 0.348. The number of nitrogens with zero attached hydrogens (tertiary/aromatic N) is 4. The Balaban J connectivity index is 1.40. The topological polar surface area (TPSA) is 51.0 Å². The van der Waals surface area contributed by atoms with Gasteiger partial charge in [-0.1, -0.05) is 68.4 Å². The first-order valence-electron chi connectivity index (χ1n) is 9.96. The first-order chi connectivity index (χ1) is 13.6. The minimum atomic E-state index is 0.178. The Hall–Kier alpha value is -2.95. The van der Waals surface area contributed by atoms with Gasteiger partial charge in [-0.25, -0.2) is 0 Å². The van der Waals surface area contributed by atoms with Crippen molar-refractivity contribution in [1.29, 1.82) is 0 Å². The minimum Gasteiger partial charge on any atom is -0.340 e. The van der Waals surface area contributed by atoms with Crippen LogP contribution in [0.4, 0.5) is 0 Å². The van der Waals surface area contributed by atoms with Crippen molar-refractivity contribution in [3.8, 4) is 11.1 Å². The van der Waals surface area contributed by atoms with Gasteiger partial charge >= 0.3 is 0 Å². The molecule has 144 valence electrons. The standard InChI is InChI=1S/C23H26N4O/c1-17(2)23-25-24-21-12-13-26(14-15-27(21)23)22(28)16-18-8-10-20(11-9-18)19-6-4-3-5-7-19/h3-11,17H,12-16H2,1-2H3. The summed E-state index contributed by atoms with van der Waals surface area (Å²) in [6.07, 6.45) is 1.20. The lowest BCUT2D eigenvalue weighted by atomic mass is 10.0. The Morgan fingerprint density at radius 1 is 0.929 bits per heavy atom. The van der Waals surface area contributed by atoms with Crippen LogP contribution in [0.15, 0.2) is 54.6 Å². The van der Waals surface area contributed by atoms with Gasteiger partial charge in [-0.15, -0.1) is 10.2 Å². The van der Waals surface area contributed by atoms with Gasteiger partial charge in [-0.05, 0) is 16.7 Å². The monoisotopic (exact) mass is 374 g/mol. The van der Waals surface area contributed by atoms with E-state index in [-0.39, 0.29) is 5.91 Å². The van der Waals surface area contributed by atoms with Gasteiger partial charge in [-0.2, -0.15) is 0 Å². The van der Waals surface area contributed by atoms with E-state index < -0.39 is 0 Å². The van der Waals surface area contributed by atoms with Gasteiger partial charge in [-0.3, -0.25) is 4.79 Å². The number of amides is 1. The molecule has 2 heterocycles. The van der Waals surface area contributed by atoms with Gasteiger partial charge in [0.2, 0.25) is 5.91 Å². The summed E-state index contributed by atoms with van der Waals surface area (Å²) >= 11 is 0. The molecule has 0 spiro atoms. The molecule has 4 rings (SSSR count). The van der Waals surface area contributed by atoms with E-state index in [9.17, 15) is 4.79 Å². The molecule has 0 fully saturated rings. The van der Waals surface area contributed by atoms with Crippen molar-refractivity contribution >= 4 is 5.91 Å². The number of carbonyl (C=O) groups excluding carboxylic acids is 1. The molecule has 0 radical (unpaired) electrons. The van der Waals surface area contributed by atoms with Gasteiger partial charge in [0, 0.05) is 32.0 Å². The van der Waals surface area contributed by atoms with Gasteiger partial charge in [0.25, 0.3) is 0 Å². The van der Waals surface area contributed by atoms with Crippen LogP contribution in [-0.2, 0) is 24.2 Å². The molecule has 0 aliphatic carbocycles. The molecule has 0 N–H and O–H groups in total. The highest BCUT2D eigenvalue weighted by molar-refractivity contribution is 5.79. The summed E-state index contributed by atoms with van der Waals surface area (Å²) in [5.41, 5.74) is 3.42. The van der Waals surface area contributed by atoms with E-state index in [1.807, 2.05) is 23.1 Å². The Kier molecular flexibility index (Phi) is 5.24. The Morgan fingerprint density at radius 2 is 1.64 bits per heavy atom. The van der Waals surface area contributed by atoms with Crippen molar-refractivity contribution in [3.05, 3.63) is 71.8 Å². The van der Waals surface area contributed by atoms with Crippen molar-refractivity contribution in [2.75, 3.05) is 13.1 Å². The average molecular weight is 374 g/mol. The summed E-state index contributed by atoms with van der Waals surface area (Å²) in [6, 6.07) is 18.6. The molecule has 28 heavy (non-hydrogen) atoms. The molecular weight excluding hydrogens is 348 g/mol. The van der Waals surface area contributed by atoms with Crippen molar-refractivity contribution < 1.29 is 4.79 Å². The summed E-state index contributed by atoms with van der Waals surface area (Å²) < 4.78 is 2.19. The predicted octanol–water partition coefficient (Wildman–Crippen LogP) is 3.70. The summed E-state index contributed by atoms with van der Waals surface area (Å²) in [5, 5.41) is 8.65. The lowest BCUT2D eigenvalue weighted by Crippen LogP contribution is -2.35. The van der Waals surface area contributed by atoms with Crippen LogP contribution < -0.4 is 0 Å². The molecule has 1 aliphatic rings. The smallest absolute Gasteiger partial charge is 0.227 e. The van der Waals surface area contributed by atoms with Gasteiger partial charge in [0.1, 0.15) is 11.6 Å². The third-order valence-corrected chi connectivity index (χ3v) is 5.34. The van der Waals surface area contributed by atoms with Crippen LogP contribution in [0.2, 0.25) is 0 Å². The van der Waals surface area contributed by atoms with E-state index >= 15 is 0 Å². The highest BCUT2D eigenvalue weighted by Crippen LogP contribution is 2.20. The molecule has 5 heteroatoms. The maximum absolute atomic E-state index is 12.8. The number of fused-ring (bicyclic) bond motifs is 1. The fourth-order valence-electron chi connectivity index (χ4n) is 3.75. The van der Waals surface area contributed by atoms with Crippen LogP contribution in [-0.4, -0.2) is 38.7 Å². The molecule has 1 aliphatic heterocycles. The minimum absolute atomic E-state index is 0.178. The van der Waals surface area contributed by atoms with Crippen molar-refractivity contribution in [2.24, 2.45) is 0 Å². The summed E-state index contributed by atoms with van der Waals surface area (Å²) in [4.78, 5) is 14.8. The van der Waals surface area contributed by atoms with E-state index in [0.29, 0.717) is 25.4 Å². The summed E-state index contributed by atoms with van der Waals surface area (Å²) in [7, 11) is 0. The van der Waals surface area contributed by atoms with Crippen LogP contribution in [0.5, 0.6) is 0 Å². The molecule has 1 amide bonds. The third-order valence-electron chi connectivity index (χ3n) is 5.34. The first kappa shape index (κ1) is 18.4. The van der Waals surface area contributed by atoms with E-state index in [0.717, 1.165) is 30.2 Å². The number of carbonyl (C=O) groups is 1. The van der Waals surface area contributed by atoms with E-state index in [1.165, 1.54) is 11.1 Å². The molecular formula is C23H26N4O. The van der Waals surface area contributed by atoms with Crippen molar-refractivity contribution in [3.63, 3.8) is 0 Å². The largest absolute Gasteiger partial charge is 0.340 e. The van der Waals surface area contributed by atoms with Crippen LogP contribution in [0.3, 0.4) is 0 Å². The zero-order valence-electron chi connectivity index (χ0n) is 16.5. The molecule has 5 nitrogen and oxygen atoms in total. The second-order valence-electron chi connectivity index (χ2n) is 7.65. The van der Waals surface area contributed by atoms with Gasteiger partial charge < -0.3 is 9.47 Å². The zero-order chi connectivity index (χ0) is 19.5. The van der Waals surface area contributed by atoms with Crippen molar-refractivity contribution in [2.45, 2.75) is 39.2 Å². The van der Waals surface area contributed by atoms with Gasteiger partial charge in [0.15, 0.2) is 0 Å². The average Bonchev–Trinajstić information content (AvgIpc) is 3.01. The predicted molar refractivity (Wildman–Crippen MR) is 110 cm³/mol. The molecule has 2 aromatic carbocycles. The quantitative estimate of drug-likeness (QED) is 0.700. The highest BCUT2D eigenvalue weighted by atomic mass is 16.2. The number of aromatic nitrogens is 3. The number of hydrogen-bond donors (Lipinski definition) is 0. The van der Waals surface area contributed by atoms with E-state index in [1.54, 1.807) is 0 Å². The molecule has 3 aromatic rings. The Bertz CT molecular complexity index is 944. The van der Waals surface area contributed by atoms with Crippen LogP contribution >= 0.6 is 0 Å². The first-order valence-corrected chi connectivity index (χ1v) is 9.96. The lowest BCUT2D eigenvalue weighted by molar-refractivity contribution is -0.130. The number of hydrogen-bond acceptors (Lipinski definition) is 3. The van der Waals surface area contributed by atoms with Gasteiger partial charge in [0.05, 0.1) is 6.42 Å². The lowest BCUT2D eigenvalue weighted by Gasteiger charge is -2.20. The molecule has 0 atom stereocenters. The Morgan fingerprint density at radius 3 is 2.36 bits per heavy atom. The Labute approximate surface area is 166 Å². The third kappa shape index (κ3) is 3.84. The normalized spacial score (nSPS) is 14.0. The number of benzene rings is 2. The SMILES string of the molecule is CC(C)c1nnc2n1CCN(C(=O)Cc1ccc(-c3ccccc3)cc1)CC2. The second kappa shape index (κ2) is 7.97. The molecule has 0 bridgehead atoms. The molecule has 0 saturated carbocycles. The fourth-order valence-corrected chi connectivity index (χ4v) is 3.75. The van der Waals surface area contributed by atoms with E-state index in [2.05, 4.69) is 65.0 Å². The van der Waals surface area contributed by atoms with Crippen molar-refractivity contribution in [1.82, 2.24) is 19.7 Å². The summed E-state index contributed by atoms with van der Waals surface area (Å²) in [5.74, 6) is 2.52. The maximum atomic E-state index is 12.8. The van der Waals surface area contributed by atoms with Crippen LogP contribution in [0, 0.1) is 0 Å². The van der Waals surface area contributed by atoms with Crippen LogP contribution in [0.1, 0.15) is 37.0 Å². The second-order valence-corrected chi connectivity index (χ2v) is 7.65. The number of rotatable bonds is 4. The zero-order valence-corrected chi connectivity index (χ0v) is 16.5. The molecule has 0 saturated heterocycles. The highest BCUT2D eigenvalue weighted by Gasteiger charge is 2.22.